The van der Waals surface area contributed by atoms with Crippen LogP contribution in [-0.4, -0.2) is 34.0 Å². The van der Waals surface area contributed by atoms with E-state index in [2.05, 4.69) is 5.64 Å². The van der Waals surface area contributed by atoms with Crippen LogP contribution in [0.5, 0.6) is 0 Å². The van der Waals surface area contributed by atoms with Crippen molar-refractivity contribution in [3.8, 4) is 0 Å². The SMILES string of the molecule is C[C@]1(N2C(=O)c3csc([N+](=O)[O-])c3C2=O)CCONO1. The highest BCUT2D eigenvalue weighted by Gasteiger charge is 2.52. The van der Waals surface area contributed by atoms with E-state index < -0.39 is 22.5 Å². The number of nitrogens with zero attached hydrogens (tertiary/aromatic N) is 2. The molecule has 0 spiro atoms. The van der Waals surface area contributed by atoms with Gasteiger partial charge in [-0.2, -0.15) is 0 Å². The molecule has 0 bridgehead atoms. The van der Waals surface area contributed by atoms with Gasteiger partial charge in [0, 0.05) is 11.8 Å². The van der Waals surface area contributed by atoms with Crippen molar-refractivity contribution in [3.05, 3.63) is 26.6 Å². The first-order chi connectivity index (χ1) is 9.46. The van der Waals surface area contributed by atoms with E-state index >= 15 is 0 Å². The molecule has 0 unspecified atom stereocenters. The van der Waals surface area contributed by atoms with E-state index in [1.807, 2.05) is 0 Å². The Morgan fingerprint density at radius 2 is 2.25 bits per heavy atom. The zero-order chi connectivity index (χ0) is 14.5. The quantitative estimate of drug-likeness (QED) is 0.489. The molecule has 0 aliphatic carbocycles. The van der Waals surface area contributed by atoms with Crippen molar-refractivity contribution in [1.29, 1.82) is 0 Å². The van der Waals surface area contributed by atoms with Crippen LogP contribution in [0, 0.1) is 10.1 Å². The molecule has 3 heterocycles. The highest BCUT2D eigenvalue weighted by molar-refractivity contribution is 7.14. The summed E-state index contributed by atoms with van der Waals surface area (Å²) in [6, 6.07) is 0. The van der Waals surface area contributed by atoms with Crippen molar-refractivity contribution in [2.75, 3.05) is 6.61 Å². The molecule has 1 aromatic heterocycles. The Bertz CT molecular complexity index is 621. The van der Waals surface area contributed by atoms with Crippen molar-refractivity contribution in [2.45, 2.75) is 19.1 Å². The molecule has 1 aromatic rings. The lowest BCUT2D eigenvalue weighted by molar-refractivity contribution is -0.380. The summed E-state index contributed by atoms with van der Waals surface area (Å²) >= 11 is 0.767. The molecular weight excluding hydrogens is 290 g/mol. The minimum absolute atomic E-state index is 0.0445. The number of hydrogen-bond donors (Lipinski definition) is 1. The van der Waals surface area contributed by atoms with Gasteiger partial charge >= 0.3 is 5.00 Å². The van der Waals surface area contributed by atoms with Gasteiger partial charge in [-0.1, -0.05) is 17.0 Å². The lowest BCUT2D eigenvalue weighted by Crippen LogP contribution is -2.57. The van der Waals surface area contributed by atoms with Crippen LogP contribution in [0.15, 0.2) is 5.38 Å². The summed E-state index contributed by atoms with van der Waals surface area (Å²) in [4.78, 5) is 45.7. The lowest BCUT2D eigenvalue weighted by atomic mass is 10.1. The van der Waals surface area contributed by atoms with Crippen molar-refractivity contribution >= 4 is 28.2 Å². The van der Waals surface area contributed by atoms with E-state index in [0.717, 1.165) is 16.2 Å². The second-order valence-corrected chi connectivity index (χ2v) is 5.35. The van der Waals surface area contributed by atoms with Crippen LogP contribution in [0.25, 0.3) is 0 Å². The summed E-state index contributed by atoms with van der Waals surface area (Å²) in [7, 11) is 0. The molecule has 0 radical (unpaired) electrons. The number of amides is 2. The first-order valence-corrected chi connectivity index (χ1v) is 6.53. The molecule has 2 aliphatic rings. The number of imide groups is 1. The number of carbonyl (C=O) groups is 2. The summed E-state index contributed by atoms with van der Waals surface area (Å²) < 4.78 is 0. The fraction of sp³-hybridized carbons (Fsp3) is 0.400. The van der Waals surface area contributed by atoms with Crippen LogP contribution >= 0.6 is 11.3 Å². The molecule has 20 heavy (non-hydrogen) atoms. The Morgan fingerprint density at radius 1 is 1.50 bits per heavy atom. The van der Waals surface area contributed by atoms with Crippen LogP contribution in [0.3, 0.4) is 0 Å². The highest BCUT2D eigenvalue weighted by atomic mass is 32.1. The Kier molecular flexibility index (Phi) is 2.83. The van der Waals surface area contributed by atoms with Crippen molar-refractivity contribution in [3.63, 3.8) is 0 Å². The summed E-state index contributed by atoms with van der Waals surface area (Å²) in [6.45, 7) is 1.78. The predicted molar refractivity (Wildman–Crippen MR) is 64.7 cm³/mol. The van der Waals surface area contributed by atoms with E-state index in [1.54, 1.807) is 6.92 Å². The van der Waals surface area contributed by atoms with Crippen LogP contribution in [0.2, 0.25) is 0 Å². The molecule has 3 rings (SSSR count). The first kappa shape index (κ1) is 13.1. The number of rotatable bonds is 2. The molecule has 9 nitrogen and oxygen atoms in total. The van der Waals surface area contributed by atoms with Crippen molar-refractivity contribution < 1.29 is 24.2 Å². The maximum Gasteiger partial charge on any atom is 0.337 e. The monoisotopic (exact) mass is 299 g/mol. The summed E-state index contributed by atoms with van der Waals surface area (Å²) in [5.74, 6) is -1.32. The molecule has 0 aromatic carbocycles. The zero-order valence-electron chi connectivity index (χ0n) is 10.2. The molecule has 1 saturated heterocycles. The van der Waals surface area contributed by atoms with Crippen molar-refractivity contribution in [2.24, 2.45) is 0 Å². The number of thiophene rings is 1. The molecule has 2 amide bonds. The molecule has 106 valence electrons. The van der Waals surface area contributed by atoms with Gasteiger partial charge in [-0.15, -0.1) is 0 Å². The van der Waals surface area contributed by atoms with Crippen LogP contribution in [0.4, 0.5) is 5.00 Å². The Labute approximate surface area is 116 Å². The molecule has 1 atom stereocenters. The Balaban J connectivity index is 2.03. The summed E-state index contributed by atoms with van der Waals surface area (Å²) in [5.41, 5.74) is 0.812. The predicted octanol–water partition coefficient (Wildman–Crippen LogP) is 0.825. The van der Waals surface area contributed by atoms with Gasteiger partial charge in [0.2, 0.25) is 0 Å². The van der Waals surface area contributed by atoms with Gasteiger partial charge in [0.15, 0.2) is 5.72 Å². The van der Waals surface area contributed by atoms with Crippen molar-refractivity contribution in [1.82, 2.24) is 10.5 Å². The average Bonchev–Trinajstić information content (AvgIpc) is 2.92. The molecule has 10 heteroatoms. The maximum atomic E-state index is 12.4. The fourth-order valence-electron chi connectivity index (χ4n) is 2.21. The summed E-state index contributed by atoms with van der Waals surface area (Å²) in [5, 5.41) is 11.9. The van der Waals surface area contributed by atoms with Crippen LogP contribution in [-0.2, 0) is 9.68 Å². The van der Waals surface area contributed by atoms with Gasteiger partial charge in [-0.25, -0.2) is 9.74 Å². The molecular formula is C10H9N3O6S. The van der Waals surface area contributed by atoms with Gasteiger partial charge < -0.3 is 0 Å². The molecule has 1 N–H and O–H groups in total. The van der Waals surface area contributed by atoms with E-state index in [9.17, 15) is 19.7 Å². The number of fused-ring (bicyclic) bond motifs is 1. The number of nitro groups is 1. The molecule has 2 aliphatic heterocycles. The van der Waals surface area contributed by atoms with Crippen LogP contribution < -0.4 is 5.64 Å². The number of nitrogens with one attached hydrogen (secondary N) is 1. The third-order valence-electron chi connectivity index (χ3n) is 3.25. The van der Waals surface area contributed by atoms with Gasteiger partial charge in [0.1, 0.15) is 5.56 Å². The van der Waals surface area contributed by atoms with Gasteiger partial charge in [-0.3, -0.25) is 24.5 Å². The minimum Gasteiger partial charge on any atom is -0.276 e. The normalized spacial score (nSPS) is 25.9. The van der Waals surface area contributed by atoms with E-state index in [1.165, 1.54) is 5.38 Å². The van der Waals surface area contributed by atoms with Gasteiger partial charge in [-0.05, 0) is 6.92 Å². The third kappa shape index (κ3) is 1.66. The van der Waals surface area contributed by atoms with Gasteiger partial charge in [0.05, 0.1) is 17.1 Å². The van der Waals surface area contributed by atoms with E-state index in [0.29, 0.717) is 0 Å². The number of hydrogen-bond acceptors (Lipinski definition) is 8. The largest absolute Gasteiger partial charge is 0.337 e. The van der Waals surface area contributed by atoms with Gasteiger partial charge in [0.25, 0.3) is 11.8 Å². The zero-order valence-corrected chi connectivity index (χ0v) is 11.1. The Hall–Kier alpha value is -1.88. The second-order valence-electron chi connectivity index (χ2n) is 4.49. The van der Waals surface area contributed by atoms with Crippen LogP contribution in [0.1, 0.15) is 34.1 Å². The van der Waals surface area contributed by atoms with E-state index in [4.69, 9.17) is 9.68 Å². The highest BCUT2D eigenvalue weighted by Crippen LogP contribution is 2.40. The minimum atomic E-state index is -1.24. The standard InChI is InChI=1S/C10H9N3O6S/c1-10(2-3-18-11-19-10)12-7(14)5-4-20-9(13(16)17)6(5)8(12)15/h4,11H,2-3H2,1H3/t10-/m1/s1. The summed E-state index contributed by atoms with van der Waals surface area (Å²) in [6.07, 6.45) is 0.263. The smallest absolute Gasteiger partial charge is 0.276 e. The Morgan fingerprint density at radius 3 is 2.85 bits per heavy atom. The third-order valence-corrected chi connectivity index (χ3v) is 4.18. The first-order valence-electron chi connectivity index (χ1n) is 5.65. The lowest BCUT2D eigenvalue weighted by Gasteiger charge is -2.38. The average molecular weight is 299 g/mol. The second kappa shape index (κ2) is 4.31. The topological polar surface area (TPSA) is 111 Å². The maximum absolute atomic E-state index is 12.4. The fourth-order valence-corrected chi connectivity index (χ4v) is 3.06. The molecule has 0 saturated carbocycles. The molecule has 1 fully saturated rings. The van der Waals surface area contributed by atoms with E-state index in [-0.39, 0.29) is 29.2 Å². The number of carbonyl (C=O) groups excluding carboxylic acids is 2.